The molecule has 1 atom stereocenters. The lowest BCUT2D eigenvalue weighted by molar-refractivity contribution is -0.115. The fourth-order valence-electron chi connectivity index (χ4n) is 2.71. The average Bonchev–Trinajstić information content (AvgIpc) is 2.87. The zero-order valence-electron chi connectivity index (χ0n) is 12.5. The largest absolute Gasteiger partial charge is 0.319 e. The maximum absolute atomic E-state index is 12.4. The van der Waals surface area contributed by atoms with Gasteiger partial charge in [-0.3, -0.25) is 4.79 Å². The van der Waals surface area contributed by atoms with Crippen LogP contribution < -0.4 is 5.32 Å². The number of amides is 1. The van der Waals surface area contributed by atoms with Gasteiger partial charge in [-0.15, -0.1) is 0 Å². The Morgan fingerprint density at radius 2 is 1.73 bits per heavy atom. The Morgan fingerprint density at radius 3 is 2.32 bits per heavy atom. The van der Waals surface area contributed by atoms with E-state index in [1.54, 1.807) is 0 Å². The van der Waals surface area contributed by atoms with Crippen LogP contribution in [0.1, 0.15) is 25.0 Å². The summed E-state index contributed by atoms with van der Waals surface area (Å²) in [4.78, 5) is 17.2. The molecule has 0 aromatic heterocycles. The molecule has 1 unspecified atom stereocenters. The van der Waals surface area contributed by atoms with Gasteiger partial charge in [-0.2, -0.15) is 0 Å². The van der Waals surface area contributed by atoms with Crippen LogP contribution in [0.3, 0.4) is 0 Å². The maximum Gasteiger partial charge on any atom is 0.267 e. The van der Waals surface area contributed by atoms with Crippen molar-refractivity contribution in [1.82, 2.24) is 5.32 Å². The topological polar surface area (TPSA) is 41.5 Å². The molecule has 1 heterocycles. The van der Waals surface area contributed by atoms with E-state index in [0.717, 1.165) is 15.6 Å². The third-order valence-corrected chi connectivity index (χ3v) is 4.29. The summed E-state index contributed by atoms with van der Waals surface area (Å²) in [5.41, 5.74) is 1.64. The third kappa shape index (κ3) is 2.48. The predicted molar refractivity (Wildman–Crippen MR) is 91.8 cm³/mol. The molecule has 112 valence electrons. The first kappa shape index (κ1) is 15.0. The van der Waals surface area contributed by atoms with Gasteiger partial charge in [0.15, 0.2) is 5.66 Å². The van der Waals surface area contributed by atoms with E-state index in [2.05, 4.69) is 21.2 Å². The lowest BCUT2D eigenvalue weighted by Crippen LogP contribution is -2.41. The summed E-state index contributed by atoms with van der Waals surface area (Å²) in [7, 11) is 0. The highest BCUT2D eigenvalue weighted by Gasteiger charge is 2.43. The van der Waals surface area contributed by atoms with Crippen molar-refractivity contribution in [2.75, 3.05) is 0 Å². The molecule has 2 aromatic rings. The van der Waals surface area contributed by atoms with E-state index in [1.807, 2.05) is 68.4 Å². The molecule has 0 saturated carbocycles. The molecule has 1 amide bonds. The standard InChI is InChI=1S/C18H17BrN2O/c1-12(2)16-17(22)21-18(20-16,13-7-4-3-5-8-13)14-9-6-10-15(19)11-14/h3-12H,1-2H3,(H,21,22). The number of carbonyl (C=O) groups is 1. The first-order chi connectivity index (χ1) is 10.5. The van der Waals surface area contributed by atoms with Crippen molar-refractivity contribution >= 4 is 27.5 Å². The summed E-state index contributed by atoms with van der Waals surface area (Å²) in [6.07, 6.45) is 0. The highest BCUT2D eigenvalue weighted by atomic mass is 79.9. The van der Waals surface area contributed by atoms with E-state index in [0.29, 0.717) is 5.71 Å². The van der Waals surface area contributed by atoms with Crippen molar-refractivity contribution in [2.24, 2.45) is 10.9 Å². The van der Waals surface area contributed by atoms with Crippen LogP contribution in [0.15, 0.2) is 64.1 Å². The molecular formula is C18H17BrN2O. The van der Waals surface area contributed by atoms with Crippen LogP contribution in [-0.4, -0.2) is 11.6 Å². The Labute approximate surface area is 138 Å². The van der Waals surface area contributed by atoms with Gasteiger partial charge in [0.2, 0.25) is 0 Å². The van der Waals surface area contributed by atoms with E-state index in [1.165, 1.54) is 0 Å². The number of nitrogens with zero attached hydrogens (tertiary/aromatic N) is 1. The molecule has 0 bridgehead atoms. The summed E-state index contributed by atoms with van der Waals surface area (Å²) in [5.74, 6) is -0.0171. The van der Waals surface area contributed by atoms with Gasteiger partial charge in [-0.05, 0) is 12.1 Å². The van der Waals surface area contributed by atoms with Gasteiger partial charge in [0, 0.05) is 21.5 Å². The van der Waals surface area contributed by atoms with E-state index in [9.17, 15) is 4.79 Å². The molecule has 0 aliphatic carbocycles. The molecule has 0 spiro atoms. The van der Waals surface area contributed by atoms with Crippen LogP contribution >= 0.6 is 15.9 Å². The van der Waals surface area contributed by atoms with Gasteiger partial charge in [-0.1, -0.05) is 72.2 Å². The van der Waals surface area contributed by atoms with Crippen molar-refractivity contribution in [3.63, 3.8) is 0 Å². The molecule has 3 rings (SSSR count). The molecular weight excluding hydrogens is 340 g/mol. The van der Waals surface area contributed by atoms with Crippen molar-refractivity contribution in [2.45, 2.75) is 19.5 Å². The van der Waals surface area contributed by atoms with E-state index in [4.69, 9.17) is 4.99 Å². The molecule has 0 radical (unpaired) electrons. The van der Waals surface area contributed by atoms with Gasteiger partial charge in [0.1, 0.15) is 5.71 Å². The fraction of sp³-hybridized carbons (Fsp3) is 0.222. The lowest BCUT2D eigenvalue weighted by Gasteiger charge is -2.27. The van der Waals surface area contributed by atoms with Crippen LogP contribution in [0, 0.1) is 5.92 Å². The van der Waals surface area contributed by atoms with Crippen LogP contribution in [0.5, 0.6) is 0 Å². The average molecular weight is 357 g/mol. The number of benzene rings is 2. The minimum atomic E-state index is -0.846. The highest BCUT2D eigenvalue weighted by molar-refractivity contribution is 9.10. The normalized spacial score (nSPS) is 20.9. The quantitative estimate of drug-likeness (QED) is 0.890. The predicted octanol–water partition coefficient (Wildman–Crippen LogP) is 3.88. The molecule has 1 aliphatic heterocycles. The first-order valence-corrected chi connectivity index (χ1v) is 8.06. The second-order valence-electron chi connectivity index (χ2n) is 5.69. The third-order valence-electron chi connectivity index (χ3n) is 3.80. The van der Waals surface area contributed by atoms with Crippen molar-refractivity contribution in [1.29, 1.82) is 0 Å². The summed E-state index contributed by atoms with van der Waals surface area (Å²) in [6, 6.07) is 17.8. The summed E-state index contributed by atoms with van der Waals surface area (Å²) < 4.78 is 0.961. The zero-order valence-corrected chi connectivity index (χ0v) is 14.1. The number of rotatable bonds is 3. The number of carbonyl (C=O) groups excluding carboxylic acids is 1. The second-order valence-corrected chi connectivity index (χ2v) is 6.61. The Kier molecular flexibility index (Phi) is 3.87. The van der Waals surface area contributed by atoms with Crippen molar-refractivity contribution in [3.8, 4) is 0 Å². The molecule has 4 heteroatoms. The van der Waals surface area contributed by atoms with Crippen LogP contribution in [0.2, 0.25) is 0 Å². The molecule has 0 fully saturated rings. The molecule has 2 aromatic carbocycles. The van der Waals surface area contributed by atoms with Crippen molar-refractivity contribution in [3.05, 3.63) is 70.2 Å². The molecule has 3 nitrogen and oxygen atoms in total. The van der Waals surface area contributed by atoms with Crippen LogP contribution in [0.25, 0.3) is 0 Å². The summed E-state index contributed by atoms with van der Waals surface area (Å²) >= 11 is 3.50. The number of halogens is 1. The van der Waals surface area contributed by atoms with E-state index < -0.39 is 5.66 Å². The Balaban J connectivity index is 2.23. The van der Waals surface area contributed by atoms with Gasteiger partial charge in [-0.25, -0.2) is 4.99 Å². The minimum absolute atomic E-state index is 0.0812. The van der Waals surface area contributed by atoms with Crippen LogP contribution in [0.4, 0.5) is 0 Å². The number of nitrogens with one attached hydrogen (secondary N) is 1. The molecule has 1 aliphatic rings. The summed E-state index contributed by atoms with van der Waals surface area (Å²) in [6.45, 7) is 3.97. The van der Waals surface area contributed by atoms with Gasteiger partial charge < -0.3 is 5.32 Å². The SMILES string of the molecule is CC(C)C1=NC(c2ccccc2)(c2cccc(Br)c2)NC1=O. The Bertz CT molecular complexity index is 740. The second kappa shape index (κ2) is 5.69. The number of hydrogen-bond acceptors (Lipinski definition) is 2. The molecule has 1 N–H and O–H groups in total. The zero-order chi connectivity index (χ0) is 15.7. The fourth-order valence-corrected chi connectivity index (χ4v) is 3.11. The molecule has 0 saturated heterocycles. The Morgan fingerprint density at radius 1 is 1.05 bits per heavy atom. The number of aliphatic imine (C=N–C) groups is 1. The summed E-state index contributed by atoms with van der Waals surface area (Å²) in [5, 5.41) is 3.10. The van der Waals surface area contributed by atoms with Gasteiger partial charge >= 0.3 is 0 Å². The van der Waals surface area contributed by atoms with Gasteiger partial charge in [0.05, 0.1) is 0 Å². The lowest BCUT2D eigenvalue weighted by atomic mass is 9.92. The monoisotopic (exact) mass is 356 g/mol. The van der Waals surface area contributed by atoms with Crippen molar-refractivity contribution < 1.29 is 4.79 Å². The Hall–Kier alpha value is -1.94. The van der Waals surface area contributed by atoms with Gasteiger partial charge in [0.25, 0.3) is 5.91 Å². The van der Waals surface area contributed by atoms with E-state index in [-0.39, 0.29) is 11.8 Å². The first-order valence-electron chi connectivity index (χ1n) is 7.27. The maximum atomic E-state index is 12.4. The smallest absolute Gasteiger partial charge is 0.267 e. The minimum Gasteiger partial charge on any atom is -0.319 e. The van der Waals surface area contributed by atoms with Crippen LogP contribution in [-0.2, 0) is 10.5 Å². The molecule has 22 heavy (non-hydrogen) atoms. The number of hydrogen-bond donors (Lipinski definition) is 1. The highest BCUT2D eigenvalue weighted by Crippen LogP contribution is 2.36. The van der Waals surface area contributed by atoms with E-state index >= 15 is 0 Å².